The summed E-state index contributed by atoms with van der Waals surface area (Å²) in [4.78, 5) is 37.2. The molecule has 0 radical (unpaired) electrons. The number of hydrogen-bond donors (Lipinski definition) is 2. The first kappa shape index (κ1) is 42.5. The quantitative estimate of drug-likeness (QED) is 0.117. The van der Waals surface area contributed by atoms with Crippen molar-refractivity contribution in [2.24, 2.45) is 0 Å². The van der Waals surface area contributed by atoms with E-state index in [1.807, 2.05) is 6.07 Å². The maximum atomic E-state index is 13.4. The van der Waals surface area contributed by atoms with Crippen LogP contribution in [0.15, 0.2) is 57.4 Å². The van der Waals surface area contributed by atoms with Gasteiger partial charge in [-0.1, -0.05) is 24.3 Å². The second kappa shape index (κ2) is 15.4. The third-order valence-electron chi connectivity index (χ3n) is 11.6. The van der Waals surface area contributed by atoms with Gasteiger partial charge < -0.3 is 43.3 Å². The molecule has 0 bridgehead atoms. The number of likely N-dealkylation sites (N-methyl/N-ethyl adjacent to an activating group) is 1. The number of rotatable bonds is 13. The number of furan rings is 2. The fourth-order valence-corrected chi connectivity index (χ4v) is 8.64. The maximum Gasteiger partial charge on any atom is 0.291 e. The summed E-state index contributed by atoms with van der Waals surface area (Å²) in [6.45, 7) is 21.5. The number of hydrogen-bond acceptors (Lipinski definition) is 11. The number of anilines is 2. The lowest BCUT2D eigenvalue weighted by Crippen LogP contribution is -2.31. The molecule has 0 saturated carbocycles. The monoisotopic (exact) mass is 819 g/mol. The smallest absolute Gasteiger partial charge is 0.291 e. The van der Waals surface area contributed by atoms with Crippen molar-refractivity contribution in [1.82, 2.24) is 14.9 Å². The van der Waals surface area contributed by atoms with E-state index in [4.69, 9.17) is 27.8 Å². The molecular formula is C47H57N5O8. The van der Waals surface area contributed by atoms with E-state index in [9.17, 15) is 9.59 Å². The molecule has 13 heteroatoms. The molecule has 0 atom stereocenters. The molecule has 0 spiro atoms. The number of carbonyl (C=O) groups is 2. The van der Waals surface area contributed by atoms with Gasteiger partial charge in [-0.25, -0.2) is 0 Å². The van der Waals surface area contributed by atoms with E-state index in [2.05, 4.69) is 114 Å². The van der Waals surface area contributed by atoms with Gasteiger partial charge in [0.1, 0.15) is 11.5 Å². The van der Waals surface area contributed by atoms with Crippen molar-refractivity contribution in [3.8, 4) is 11.8 Å². The summed E-state index contributed by atoms with van der Waals surface area (Å²) in [5, 5.41) is 5.91. The van der Waals surface area contributed by atoms with Gasteiger partial charge in [-0.15, -0.1) is 0 Å². The van der Waals surface area contributed by atoms with Crippen molar-refractivity contribution in [2.75, 3.05) is 45.0 Å². The van der Waals surface area contributed by atoms with Crippen LogP contribution in [-0.2, 0) is 44.7 Å². The van der Waals surface area contributed by atoms with Crippen molar-refractivity contribution >= 4 is 23.5 Å². The number of methoxy groups -OCH3 is 2. The molecule has 3 aromatic heterocycles. The molecule has 0 saturated heterocycles. The predicted molar refractivity (Wildman–Crippen MR) is 228 cm³/mol. The molecule has 2 aliphatic rings. The van der Waals surface area contributed by atoms with E-state index in [0.29, 0.717) is 37.5 Å². The standard InChI is InChI=1S/C47H57N5O8/c1-26-20-32-34(46(7,8)59-44(32,3)4)24-28(26)22-30-14-16-36(57-30)39(53)49-38-40(55-12)50-43(51-41(38)56-13)48-18-19-52(11)42(54)37-17-15-31(58-37)23-29-25-35-33(21-27(29)2)45(5,6)60-47(35,9)10/h14-17,20-21,24-25H,18-19,22-23H2,1-13H3,(H,49,53)(H,48,50,51). The highest BCUT2D eigenvalue weighted by Crippen LogP contribution is 2.49. The predicted octanol–water partition coefficient (Wildman–Crippen LogP) is 8.92. The molecule has 2 N–H and O–H groups in total. The minimum atomic E-state index is -0.518. The average Bonchev–Trinajstić information content (AvgIpc) is 3.91. The zero-order chi connectivity index (χ0) is 43.5. The molecular weight excluding hydrogens is 763 g/mol. The molecule has 60 heavy (non-hydrogen) atoms. The Labute approximate surface area is 352 Å². The number of aromatic nitrogens is 2. The molecule has 7 rings (SSSR count). The minimum Gasteiger partial charge on any atom is -0.479 e. The molecule has 2 amide bonds. The number of nitrogens with one attached hydrogen (secondary N) is 2. The molecule has 5 heterocycles. The van der Waals surface area contributed by atoms with Crippen molar-refractivity contribution in [3.63, 3.8) is 0 Å². The second-order valence-electron chi connectivity index (χ2n) is 17.8. The van der Waals surface area contributed by atoms with Crippen LogP contribution in [0.5, 0.6) is 11.8 Å². The van der Waals surface area contributed by atoms with Gasteiger partial charge in [0, 0.05) is 33.0 Å². The Balaban J connectivity index is 0.958. The summed E-state index contributed by atoms with van der Waals surface area (Å²) >= 11 is 0. The lowest BCUT2D eigenvalue weighted by Gasteiger charge is -2.24. The second-order valence-corrected chi connectivity index (χ2v) is 17.8. The van der Waals surface area contributed by atoms with Crippen LogP contribution in [0.4, 0.5) is 11.6 Å². The van der Waals surface area contributed by atoms with E-state index in [1.165, 1.54) is 30.9 Å². The van der Waals surface area contributed by atoms with Crippen molar-refractivity contribution < 1.29 is 37.4 Å². The highest BCUT2D eigenvalue weighted by Gasteiger charge is 2.44. The molecule has 0 unspecified atom stereocenters. The van der Waals surface area contributed by atoms with Gasteiger partial charge in [0.05, 0.1) is 36.6 Å². The van der Waals surface area contributed by atoms with Gasteiger partial charge in [0.25, 0.3) is 11.8 Å². The van der Waals surface area contributed by atoms with Crippen LogP contribution in [0.3, 0.4) is 0 Å². The number of nitrogens with zero attached hydrogens (tertiary/aromatic N) is 3. The summed E-state index contributed by atoms with van der Waals surface area (Å²) in [6.07, 6.45) is 1.06. The molecule has 2 aliphatic heterocycles. The third-order valence-corrected chi connectivity index (χ3v) is 11.6. The highest BCUT2D eigenvalue weighted by molar-refractivity contribution is 6.03. The topological polar surface area (TPSA) is 150 Å². The summed E-state index contributed by atoms with van der Waals surface area (Å²) in [5.74, 6) is 1.27. The van der Waals surface area contributed by atoms with Gasteiger partial charge in [-0.05, 0) is 138 Å². The van der Waals surface area contributed by atoms with Crippen LogP contribution in [0, 0.1) is 13.8 Å². The Kier molecular flexibility index (Phi) is 10.9. The van der Waals surface area contributed by atoms with Crippen LogP contribution >= 0.6 is 0 Å². The SMILES string of the molecule is COc1nc(NCCN(C)C(=O)c2ccc(Cc3cc4c(cc3C)C(C)(C)OC4(C)C)o2)nc(OC)c1NC(=O)c1ccc(Cc2cc3c(cc2C)C(C)(C)OC3(C)C)o1. The van der Waals surface area contributed by atoms with Crippen LogP contribution in [0.25, 0.3) is 0 Å². The van der Waals surface area contributed by atoms with Gasteiger partial charge >= 0.3 is 0 Å². The van der Waals surface area contributed by atoms with Gasteiger partial charge in [0.15, 0.2) is 17.2 Å². The first-order chi connectivity index (χ1) is 28.1. The Morgan fingerprint density at radius 2 is 1.10 bits per heavy atom. The first-order valence-corrected chi connectivity index (χ1v) is 20.3. The van der Waals surface area contributed by atoms with Gasteiger partial charge in [0.2, 0.25) is 17.7 Å². The fraction of sp³-hybridized carbons (Fsp3) is 0.447. The Hall–Kier alpha value is -5.66. The van der Waals surface area contributed by atoms with E-state index in [1.54, 1.807) is 30.1 Å². The first-order valence-electron chi connectivity index (χ1n) is 20.3. The number of benzene rings is 2. The molecule has 318 valence electrons. The van der Waals surface area contributed by atoms with Gasteiger partial charge in [-0.2, -0.15) is 9.97 Å². The average molecular weight is 820 g/mol. The Morgan fingerprint density at radius 3 is 1.57 bits per heavy atom. The van der Waals surface area contributed by atoms with E-state index >= 15 is 0 Å². The molecule has 2 aromatic carbocycles. The number of amides is 2. The number of ether oxygens (including phenoxy) is 4. The summed E-state index contributed by atoms with van der Waals surface area (Å²) in [7, 11) is 4.57. The molecule has 0 aliphatic carbocycles. The van der Waals surface area contributed by atoms with Crippen molar-refractivity contribution in [3.05, 3.63) is 116 Å². The van der Waals surface area contributed by atoms with Crippen LogP contribution in [0.1, 0.15) is 133 Å². The maximum absolute atomic E-state index is 13.4. The number of aryl methyl sites for hydroxylation is 2. The van der Waals surface area contributed by atoms with Crippen LogP contribution < -0.4 is 20.1 Å². The fourth-order valence-electron chi connectivity index (χ4n) is 8.64. The largest absolute Gasteiger partial charge is 0.479 e. The van der Waals surface area contributed by atoms with Crippen LogP contribution in [0.2, 0.25) is 0 Å². The zero-order valence-corrected chi connectivity index (χ0v) is 37.1. The summed E-state index contributed by atoms with van der Waals surface area (Å²) in [6, 6.07) is 15.8. The lowest BCUT2D eigenvalue weighted by molar-refractivity contribution is -0.105. The lowest BCUT2D eigenvalue weighted by atomic mass is 9.86. The minimum absolute atomic E-state index is 0.0805. The Morgan fingerprint density at radius 1 is 0.667 bits per heavy atom. The number of carbonyl (C=O) groups excluding carboxylic acids is 2. The van der Waals surface area contributed by atoms with Crippen molar-refractivity contribution in [2.45, 2.75) is 104 Å². The third kappa shape index (κ3) is 8.12. The molecule has 13 nitrogen and oxygen atoms in total. The normalized spacial score (nSPS) is 16.6. The van der Waals surface area contributed by atoms with Crippen molar-refractivity contribution in [1.29, 1.82) is 0 Å². The molecule has 0 fully saturated rings. The summed E-state index contributed by atoms with van der Waals surface area (Å²) in [5.41, 5.74) is 7.79. The number of fused-ring (bicyclic) bond motifs is 2. The van der Waals surface area contributed by atoms with E-state index in [-0.39, 0.29) is 52.0 Å². The zero-order valence-electron chi connectivity index (χ0n) is 37.1. The highest BCUT2D eigenvalue weighted by atomic mass is 16.5. The summed E-state index contributed by atoms with van der Waals surface area (Å²) < 4.78 is 35.9. The van der Waals surface area contributed by atoms with Gasteiger partial charge in [-0.3, -0.25) is 9.59 Å². The van der Waals surface area contributed by atoms with E-state index in [0.717, 1.165) is 27.8 Å². The molecule has 5 aromatic rings. The Bertz CT molecular complexity index is 2450. The van der Waals surface area contributed by atoms with Crippen LogP contribution in [-0.4, -0.2) is 61.0 Å². The van der Waals surface area contributed by atoms with E-state index < -0.39 is 17.1 Å².